The molecule has 30 heavy (non-hydrogen) atoms. The minimum absolute atomic E-state index is 0.0154. The van der Waals surface area contributed by atoms with Crippen molar-refractivity contribution in [3.8, 4) is 0 Å². The number of carbonyl (C=O) groups is 1. The first-order valence-electron chi connectivity index (χ1n) is 9.88. The van der Waals surface area contributed by atoms with E-state index < -0.39 is 10.0 Å². The fraction of sp³-hybridized carbons (Fsp3) is 0.208. The molecule has 1 aliphatic rings. The van der Waals surface area contributed by atoms with Crippen molar-refractivity contribution in [2.45, 2.75) is 38.1 Å². The molecule has 0 saturated heterocycles. The van der Waals surface area contributed by atoms with Crippen molar-refractivity contribution in [3.63, 3.8) is 0 Å². The second kappa shape index (κ2) is 7.61. The zero-order valence-corrected chi connectivity index (χ0v) is 18.0. The molecular formula is C24H24N2O3S. The molecule has 0 aliphatic carbocycles. The van der Waals surface area contributed by atoms with Crippen molar-refractivity contribution in [1.29, 1.82) is 0 Å². The summed E-state index contributed by atoms with van der Waals surface area (Å²) in [7, 11) is -3.84. The molecule has 1 amide bonds. The van der Waals surface area contributed by atoms with Crippen LogP contribution in [0.1, 0.15) is 34.0 Å². The summed E-state index contributed by atoms with van der Waals surface area (Å²) in [4.78, 5) is 15.2. The van der Waals surface area contributed by atoms with E-state index in [0.29, 0.717) is 16.8 Å². The van der Waals surface area contributed by atoms with E-state index in [-0.39, 0.29) is 16.8 Å². The molecular weight excluding hydrogens is 396 g/mol. The second-order valence-electron chi connectivity index (χ2n) is 7.81. The molecule has 0 spiro atoms. The first-order valence-corrected chi connectivity index (χ1v) is 11.4. The number of fused-ring (bicyclic) bond motifs is 1. The summed E-state index contributed by atoms with van der Waals surface area (Å²) in [6.45, 7) is 5.63. The van der Waals surface area contributed by atoms with Crippen LogP contribution in [0.4, 0.5) is 11.4 Å². The van der Waals surface area contributed by atoms with Crippen LogP contribution < -0.4 is 9.62 Å². The van der Waals surface area contributed by atoms with Gasteiger partial charge < -0.3 is 4.90 Å². The van der Waals surface area contributed by atoms with Crippen LogP contribution in [-0.2, 0) is 16.4 Å². The van der Waals surface area contributed by atoms with Gasteiger partial charge in [0.25, 0.3) is 15.9 Å². The Balaban J connectivity index is 1.69. The number of benzene rings is 3. The number of carbonyl (C=O) groups excluding carboxylic acids is 1. The third-order valence-corrected chi connectivity index (χ3v) is 6.94. The minimum atomic E-state index is -3.84. The average Bonchev–Trinajstić information content (AvgIpc) is 3.03. The molecule has 0 saturated carbocycles. The Morgan fingerprint density at radius 2 is 1.77 bits per heavy atom. The molecule has 154 valence electrons. The normalized spacial score (nSPS) is 15.7. The Kier molecular flexibility index (Phi) is 5.12. The van der Waals surface area contributed by atoms with Gasteiger partial charge in [0, 0.05) is 23.0 Å². The van der Waals surface area contributed by atoms with Gasteiger partial charge in [0.2, 0.25) is 0 Å². The minimum Gasteiger partial charge on any atom is -0.305 e. The Hall–Kier alpha value is -3.12. The fourth-order valence-electron chi connectivity index (χ4n) is 3.96. The van der Waals surface area contributed by atoms with Gasteiger partial charge >= 0.3 is 0 Å². The molecule has 3 aromatic carbocycles. The number of nitrogens with zero attached hydrogens (tertiary/aromatic N) is 1. The Morgan fingerprint density at radius 1 is 1.00 bits per heavy atom. The van der Waals surface area contributed by atoms with Gasteiger partial charge in [-0.25, -0.2) is 8.42 Å². The van der Waals surface area contributed by atoms with E-state index in [0.717, 1.165) is 23.2 Å². The monoisotopic (exact) mass is 420 g/mol. The molecule has 1 aliphatic heterocycles. The molecule has 5 nitrogen and oxygen atoms in total. The lowest BCUT2D eigenvalue weighted by molar-refractivity contribution is 0.0981. The van der Waals surface area contributed by atoms with Crippen LogP contribution in [0.25, 0.3) is 0 Å². The van der Waals surface area contributed by atoms with Crippen molar-refractivity contribution in [1.82, 2.24) is 0 Å². The maximum Gasteiger partial charge on any atom is 0.262 e. The van der Waals surface area contributed by atoms with E-state index >= 15 is 0 Å². The van der Waals surface area contributed by atoms with Crippen LogP contribution in [0.5, 0.6) is 0 Å². The zero-order chi connectivity index (χ0) is 21.5. The van der Waals surface area contributed by atoms with Crippen LogP contribution in [0, 0.1) is 13.8 Å². The number of nitrogens with one attached hydrogen (secondary N) is 1. The van der Waals surface area contributed by atoms with Crippen molar-refractivity contribution >= 4 is 27.3 Å². The van der Waals surface area contributed by atoms with E-state index in [1.807, 2.05) is 44.2 Å². The number of hydrogen-bond donors (Lipinski definition) is 1. The van der Waals surface area contributed by atoms with Gasteiger partial charge in [0.05, 0.1) is 4.90 Å². The van der Waals surface area contributed by atoms with Gasteiger partial charge in [-0.05, 0) is 74.2 Å². The van der Waals surface area contributed by atoms with Crippen molar-refractivity contribution in [2.24, 2.45) is 0 Å². The Bertz CT molecular complexity index is 1230. The number of rotatable bonds is 4. The molecule has 0 unspecified atom stereocenters. The number of sulfonamides is 1. The summed E-state index contributed by atoms with van der Waals surface area (Å²) < 4.78 is 28.7. The average molecular weight is 421 g/mol. The summed E-state index contributed by atoms with van der Waals surface area (Å²) >= 11 is 0. The van der Waals surface area contributed by atoms with Crippen LogP contribution in [-0.4, -0.2) is 20.4 Å². The van der Waals surface area contributed by atoms with E-state index in [2.05, 4.69) is 4.72 Å². The predicted molar refractivity (Wildman–Crippen MR) is 120 cm³/mol. The number of anilines is 2. The van der Waals surface area contributed by atoms with Gasteiger partial charge in [0.1, 0.15) is 0 Å². The van der Waals surface area contributed by atoms with Crippen molar-refractivity contribution < 1.29 is 13.2 Å². The smallest absolute Gasteiger partial charge is 0.262 e. The van der Waals surface area contributed by atoms with E-state index in [9.17, 15) is 13.2 Å². The summed E-state index contributed by atoms with van der Waals surface area (Å²) in [5.74, 6) is -0.195. The van der Waals surface area contributed by atoms with Crippen LogP contribution in [0.3, 0.4) is 0 Å². The predicted octanol–water partition coefficient (Wildman–Crippen LogP) is 4.70. The summed E-state index contributed by atoms with van der Waals surface area (Å²) in [5.41, 5.74) is 4.40. The van der Waals surface area contributed by atoms with E-state index in [4.69, 9.17) is 0 Å². The molecule has 0 bridgehead atoms. The lowest BCUT2D eigenvalue weighted by Crippen LogP contribution is -2.35. The quantitative estimate of drug-likeness (QED) is 0.666. The Labute approximate surface area is 177 Å². The van der Waals surface area contributed by atoms with Crippen molar-refractivity contribution in [3.05, 3.63) is 89.0 Å². The van der Waals surface area contributed by atoms with Gasteiger partial charge in [-0.15, -0.1) is 0 Å². The van der Waals surface area contributed by atoms with Gasteiger partial charge in [-0.1, -0.05) is 36.4 Å². The lowest BCUT2D eigenvalue weighted by atomic mass is 10.1. The molecule has 0 fully saturated rings. The van der Waals surface area contributed by atoms with Crippen LogP contribution >= 0.6 is 0 Å². The zero-order valence-electron chi connectivity index (χ0n) is 17.2. The molecule has 1 heterocycles. The Morgan fingerprint density at radius 3 is 2.53 bits per heavy atom. The molecule has 0 radical (unpaired) electrons. The maximum atomic E-state index is 13.3. The molecule has 0 aromatic heterocycles. The first kappa shape index (κ1) is 20.2. The molecule has 3 aromatic rings. The van der Waals surface area contributed by atoms with Crippen LogP contribution in [0.15, 0.2) is 71.6 Å². The number of hydrogen-bond acceptors (Lipinski definition) is 3. The van der Waals surface area contributed by atoms with Gasteiger partial charge in [-0.2, -0.15) is 0 Å². The highest BCUT2D eigenvalue weighted by atomic mass is 32.2. The van der Waals surface area contributed by atoms with Gasteiger partial charge in [0.15, 0.2) is 0 Å². The summed E-state index contributed by atoms with van der Waals surface area (Å²) in [5, 5.41) is 0. The highest BCUT2D eigenvalue weighted by Crippen LogP contribution is 2.33. The summed E-state index contributed by atoms with van der Waals surface area (Å²) in [6, 6.07) is 19.9. The topological polar surface area (TPSA) is 66.5 Å². The lowest BCUT2D eigenvalue weighted by Gasteiger charge is -2.23. The molecule has 6 heteroatoms. The van der Waals surface area contributed by atoms with Gasteiger partial charge in [-0.3, -0.25) is 9.52 Å². The number of amides is 1. The number of aryl methyl sites for hydroxylation is 2. The molecule has 4 rings (SSSR count). The van der Waals surface area contributed by atoms with E-state index in [1.54, 1.807) is 42.2 Å². The standard InChI is InChI=1S/C24H24N2O3S/c1-16-7-6-9-21(13-16)25-30(28,29)23-15-20(12-11-17(23)2)24(27)26-18(3)14-19-8-4-5-10-22(19)26/h4-13,15,18,25H,14H2,1-3H3/t18-/m1/s1. The summed E-state index contributed by atoms with van der Waals surface area (Å²) in [6.07, 6.45) is 0.786. The van der Waals surface area contributed by atoms with Crippen molar-refractivity contribution in [2.75, 3.05) is 9.62 Å². The molecule has 1 N–H and O–H groups in total. The third-order valence-electron chi connectivity index (χ3n) is 5.42. The third kappa shape index (κ3) is 3.71. The largest absolute Gasteiger partial charge is 0.305 e. The molecule has 1 atom stereocenters. The number of para-hydroxylation sites is 1. The first-order chi connectivity index (χ1) is 14.3. The highest BCUT2D eigenvalue weighted by molar-refractivity contribution is 7.92. The highest BCUT2D eigenvalue weighted by Gasteiger charge is 2.32. The van der Waals surface area contributed by atoms with E-state index in [1.165, 1.54) is 6.07 Å². The SMILES string of the molecule is Cc1cccc(NS(=O)(=O)c2cc(C(=O)N3c4ccccc4C[C@H]3C)ccc2C)c1. The fourth-order valence-corrected chi connectivity index (χ4v) is 5.28. The van der Waals surface area contributed by atoms with Crippen LogP contribution in [0.2, 0.25) is 0 Å². The maximum absolute atomic E-state index is 13.3. The second-order valence-corrected chi connectivity index (χ2v) is 9.46.